The number of hydrogen-bond acceptors (Lipinski definition) is 3. The Hall–Kier alpha value is -0.780. The first-order chi connectivity index (χ1) is 8.88. The summed E-state index contributed by atoms with van der Waals surface area (Å²) in [6, 6.07) is 4.44. The molecular formula is C13H19ClN2O2S. The van der Waals surface area contributed by atoms with Crippen LogP contribution in [0.1, 0.15) is 32.6 Å². The van der Waals surface area contributed by atoms with Gasteiger partial charge in [-0.25, -0.2) is 13.1 Å². The van der Waals surface area contributed by atoms with E-state index in [4.69, 9.17) is 17.3 Å². The number of hydrogen-bond donors (Lipinski definition) is 2. The number of benzene rings is 1. The molecule has 0 bridgehead atoms. The quantitative estimate of drug-likeness (QED) is 0.794. The average Bonchev–Trinajstić information content (AvgIpc) is 3.07. The summed E-state index contributed by atoms with van der Waals surface area (Å²) >= 11 is 5.94. The van der Waals surface area contributed by atoms with Crippen molar-refractivity contribution in [3.8, 4) is 0 Å². The summed E-state index contributed by atoms with van der Waals surface area (Å²) in [7, 11) is -3.56. The lowest BCUT2D eigenvalue weighted by Crippen LogP contribution is -2.30. The van der Waals surface area contributed by atoms with Gasteiger partial charge in [0.05, 0.1) is 5.02 Å². The van der Waals surface area contributed by atoms with Crippen LogP contribution in [0.15, 0.2) is 23.1 Å². The number of nitrogens with one attached hydrogen (secondary N) is 1. The molecule has 0 heterocycles. The third kappa shape index (κ3) is 3.41. The molecule has 1 aromatic rings. The smallest absolute Gasteiger partial charge is 0.242 e. The van der Waals surface area contributed by atoms with Crippen LogP contribution in [-0.2, 0) is 10.0 Å². The largest absolute Gasteiger partial charge is 0.399 e. The summed E-state index contributed by atoms with van der Waals surface area (Å²) in [4.78, 5) is 0.0932. The molecule has 1 aromatic carbocycles. The van der Waals surface area contributed by atoms with Crippen molar-refractivity contribution in [3.63, 3.8) is 0 Å². The summed E-state index contributed by atoms with van der Waals surface area (Å²) in [5.41, 5.74) is 6.19. The second kappa shape index (κ2) is 5.31. The van der Waals surface area contributed by atoms with Gasteiger partial charge in [0.2, 0.25) is 10.0 Å². The van der Waals surface area contributed by atoms with E-state index in [1.807, 2.05) is 0 Å². The lowest BCUT2D eigenvalue weighted by molar-refractivity contribution is 0.449. The first kappa shape index (κ1) is 14.6. The highest BCUT2D eigenvalue weighted by atomic mass is 35.5. The van der Waals surface area contributed by atoms with E-state index in [1.54, 1.807) is 6.07 Å². The molecule has 0 radical (unpaired) electrons. The number of rotatable bonds is 6. The molecule has 0 atom stereocenters. The molecule has 1 saturated carbocycles. The molecular weight excluding hydrogens is 284 g/mol. The van der Waals surface area contributed by atoms with Crippen molar-refractivity contribution in [1.29, 1.82) is 0 Å². The Morgan fingerprint density at radius 1 is 1.42 bits per heavy atom. The Morgan fingerprint density at radius 3 is 2.63 bits per heavy atom. The molecule has 0 saturated heterocycles. The highest BCUT2D eigenvalue weighted by molar-refractivity contribution is 7.89. The molecule has 0 aromatic heterocycles. The fraction of sp³-hybridized carbons (Fsp3) is 0.538. The summed E-state index contributed by atoms with van der Waals surface area (Å²) < 4.78 is 27.1. The molecule has 1 aliphatic carbocycles. The molecule has 0 amide bonds. The van der Waals surface area contributed by atoms with Crippen molar-refractivity contribution in [3.05, 3.63) is 23.2 Å². The summed E-state index contributed by atoms with van der Waals surface area (Å²) in [6.07, 6.45) is 4.33. The van der Waals surface area contributed by atoms with E-state index in [0.717, 1.165) is 25.7 Å². The summed E-state index contributed by atoms with van der Waals surface area (Å²) in [6.45, 7) is 2.61. The molecule has 0 aliphatic heterocycles. The van der Waals surface area contributed by atoms with E-state index >= 15 is 0 Å². The van der Waals surface area contributed by atoms with Gasteiger partial charge in [0.1, 0.15) is 4.90 Å². The van der Waals surface area contributed by atoms with Gasteiger partial charge >= 0.3 is 0 Å². The minimum atomic E-state index is -3.56. The topological polar surface area (TPSA) is 72.2 Å². The van der Waals surface area contributed by atoms with Crippen LogP contribution in [-0.4, -0.2) is 15.0 Å². The first-order valence-electron chi connectivity index (χ1n) is 6.43. The first-order valence-corrected chi connectivity index (χ1v) is 8.29. The van der Waals surface area contributed by atoms with Crippen LogP contribution in [0, 0.1) is 5.41 Å². The van der Waals surface area contributed by atoms with Gasteiger partial charge in [-0.2, -0.15) is 0 Å². The zero-order valence-corrected chi connectivity index (χ0v) is 12.5. The maximum atomic E-state index is 12.2. The van der Waals surface area contributed by atoms with E-state index in [-0.39, 0.29) is 15.3 Å². The van der Waals surface area contributed by atoms with Gasteiger partial charge in [-0.05, 0) is 42.9 Å². The van der Waals surface area contributed by atoms with Crippen LogP contribution >= 0.6 is 11.6 Å². The monoisotopic (exact) mass is 302 g/mol. The lowest BCUT2D eigenvalue weighted by Gasteiger charge is -2.15. The molecule has 0 unspecified atom stereocenters. The lowest BCUT2D eigenvalue weighted by atomic mass is 10.0. The van der Waals surface area contributed by atoms with E-state index in [1.165, 1.54) is 12.1 Å². The summed E-state index contributed by atoms with van der Waals surface area (Å²) in [5.74, 6) is 0. The van der Waals surface area contributed by atoms with Gasteiger partial charge in [0.15, 0.2) is 0 Å². The molecule has 106 valence electrons. The second-order valence-corrected chi connectivity index (χ2v) is 7.41. The third-order valence-electron chi connectivity index (χ3n) is 3.62. The van der Waals surface area contributed by atoms with Gasteiger partial charge in [-0.1, -0.05) is 24.9 Å². The van der Waals surface area contributed by atoms with Crippen molar-refractivity contribution >= 4 is 27.3 Å². The zero-order chi connectivity index (χ0) is 14.1. The average molecular weight is 303 g/mol. The zero-order valence-electron chi connectivity index (χ0n) is 10.9. The summed E-state index contributed by atoms with van der Waals surface area (Å²) in [5, 5.41) is 0.160. The molecule has 19 heavy (non-hydrogen) atoms. The van der Waals surface area contributed by atoms with E-state index < -0.39 is 10.0 Å². The predicted molar refractivity (Wildman–Crippen MR) is 77.6 cm³/mol. The second-order valence-electron chi connectivity index (χ2n) is 5.26. The molecule has 1 aliphatic rings. The number of nitrogens with two attached hydrogens (primary N) is 1. The van der Waals surface area contributed by atoms with Crippen molar-refractivity contribution in [2.45, 2.75) is 37.5 Å². The Balaban J connectivity index is 2.10. The van der Waals surface area contributed by atoms with Crippen molar-refractivity contribution in [1.82, 2.24) is 4.72 Å². The number of nitrogen functional groups attached to an aromatic ring is 1. The van der Waals surface area contributed by atoms with Gasteiger partial charge in [0.25, 0.3) is 0 Å². The fourth-order valence-electron chi connectivity index (χ4n) is 2.28. The third-order valence-corrected chi connectivity index (χ3v) is 5.50. The SMILES string of the molecule is CCCC1(CNS(=O)(=O)c2ccc(N)cc2Cl)CC1. The van der Waals surface area contributed by atoms with Crippen LogP contribution in [0.3, 0.4) is 0 Å². The molecule has 0 spiro atoms. The number of anilines is 1. The molecule has 2 rings (SSSR count). The van der Waals surface area contributed by atoms with Crippen LogP contribution in [0.2, 0.25) is 5.02 Å². The van der Waals surface area contributed by atoms with Crippen molar-refractivity contribution in [2.24, 2.45) is 5.41 Å². The Kier molecular flexibility index (Phi) is 4.08. The maximum Gasteiger partial charge on any atom is 0.242 e. The predicted octanol–water partition coefficient (Wildman–Crippen LogP) is 2.78. The maximum absolute atomic E-state index is 12.2. The van der Waals surface area contributed by atoms with Crippen molar-refractivity contribution in [2.75, 3.05) is 12.3 Å². The van der Waals surface area contributed by atoms with Gasteiger partial charge in [-0.3, -0.25) is 0 Å². The molecule has 6 heteroatoms. The number of sulfonamides is 1. The van der Waals surface area contributed by atoms with E-state index in [2.05, 4.69) is 11.6 Å². The van der Waals surface area contributed by atoms with Crippen LogP contribution in [0.5, 0.6) is 0 Å². The number of halogens is 1. The normalized spacial score (nSPS) is 17.4. The van der Waals surface area contributed by atoms with Gasteiger partial charge in [0, 0.05) is 12.2 Å². The standard InChI is InChI=1S/C13H19ClN2O2S/c1-2-5-13(6-7-13)9-16-19(17,18)12-4-3-10(15)8-11(12)14/h3-4,8,16H,2,5-7,9,15H2,1H3. The molecule has 4 nitrogen and oxygen atoms in total. The van der Waals surface area contributed by atoms with Crippen LogP contribution in [0.25, 0.3) is 0 Å². The van der Waals surface area contributed by atoms with E-state index in [0.29, 0.717) is 12.2 Å². The molecule has 3 N–H and O–H groups in total. The Morgan fingerprint density at radius 2 is 2.11 bits per heavy atom. The Labute approximate surface area is 119 Å². The van der Waals surface area contributed by atoms with Gasteiger partial charge < -0.3 is 5.73 Å². The van der Waals surface area contributed by atoms with Crippen LogP contribution < -0.4 is 10.5 Å². The molecule has 1 fully saturated rings. The van der Waals surface area contributed by atoms with Gasteiger partial charge in [-0.15, -0.1) is 0 Å². The Bertz CT molecular complexity index is 568. The van der Waals surface area contributed by atoms with E-state index in [9.17, 15) is 8.42 Å². The van der Waals surface area contributed by atoms with Crippen LogP contribution in [0.4, 0.5) is 5.69 Å². The minimum Gasteiger partial charge on any atom is -0.399 e. The highest BCUT2D eigenvalue weighted by Crippen LogP contribution is 2.49. The fourth-order valence-corrected chi connectivity index (χ4v) is 3.99. The minimum absolute atomic E-state index is 0.0932. The van der Waals surface area contributed by atoms with Crippen molar-refractivity contribution < 1.29 is 8.42 Å². The highest BCUT2D eigenvalue weighted by Gasteiger charge is 2.42.